The van der Waals surface area contributed by atoms with Crippen LogP contribution in [-0.2, 0) is 6.54 Å². The second kappa shape index (κ2) is 10.0. The van der Waals surface area contributed by atoms with Crippen LogP contribution in [0.4, 0.5) is 11.4 Å². The van der Waals surface area contributed by atoms with Gasteiger partial charge in [0.25, 0.3) is 0 Å². The third kappa shape index (κ3) is 5.66. The van der Waals surface area contributed by atoms with Crippen LogP contribution in [0.15, 0.2) is 71.2 Å². The van der Waals surface area contributed by atoms with Crippen LogP contribution < -0.4 is 15.4 Å². The van der Waals surface area contributed by atoms with Crippen molar-refractivity contribution in [1.82, 2.24) is 0 Å². The van der Waals surface area contributed by atoms with E-state index in [2.05, 4.69) is 26.6 Å². The van der Waals surface area contributed by atoms with E-state index in [1.165, 1.54) is 0 Å². The molecule has 3 N–H and O–H groups in total. The molecule has 3 rings (SSSR count). The standard InChI is InChI=1S/C23H24BrClN2O2/c1-15(16-7-9-18(24)10-8-16)23(28)27-22-13-19(29-2)11-12-21(22)26-14-17-5-3-4-6-20(17)25/h3-13,15,23,26-28H,14H2,1-2H3. The molecule has 0 saturated heterocycles. The van der Waals surface area contributed by atoms with Gasteiger partial charge in [0.1, 0.15) is 12.0 Å². The molecule has 0 aliphatic rings. The lowest BCUT2D eigenvalue weighted by molar-refractivity contribution is 0.177. The van der Waals surface area contributed by atoms with E-state index < -0.39 is 6.23 Å². The van der Waals surface area contributed by atoms with Crippen LogP contribution in [-0.4, -0.2) is 18.4 Å². The minimum atomic E-state index is -0.774. The van der Waals surface area contributed by atoms with E-state index in [1.54, 1.807) is 7.11 Å². The van der Waals surface area contributed by atoms with Gasteiger partial charge in [-0.25, -0.2) is 0 Å². The maximum Gasteiger partial charge on any atom is 0.131 e. The van der Waals surface area contributed by atoms with Crippen molar-refractivity contribution in [2.45, 2.75) is 25.6 Å². The van der Waals surface area contributed by atoms with Crippen molar-refractivity contribution in [3.8, 4) is 5.75 Å². The smallest absolute Gasteiger partial charge is 0.131 e. The van der Waals surface area contributed by atoms with E-state index in [0.29, 0.717) is 17.3 Å². The van der Waals surface area contributed by atoms with Crippen LogP contribution in [0.3, 0.4) is 0 Å². The fraction of sp³-hybridized carbons (Fsp3) is 0.217. The van der Waals surface area contributed by atoms with Gasteiger partial charge in [-0.05, 0) is 41.5 Å². The zero-order valence-electron chi connectivity index (χ0n) is 16.3. The van der Waals surface area contributed by atoms with Crippen molar-refractivity contribution in [3.05, 3.63) is 87.4 Å². The lowest BCUT2D eigenvalue weighted by Crippen LogP contribution is -2.26. The first-order chi connectivity index (χ1) is 14.0. The highest BCUT2D eigenvalue weighted by atomic mass is 79.9. The van der Waals surface area contributed by atoms with Crippen molar-refractivity contribution in [2.24, 2.45) is 0 Å². The number of rotatable bonds is 8. The number of hydrogen-bond acceptors (Lipinski definition) is 4. The van der Waals surface area contributed by atoms with Gasteiger partial charge < -0.3 is 20.5 Å². The first-order valence-corrected chi connectivity index (χ1v) is 10.5. The van der Waals surface area contributed by atoms with Crippen molar-refractivity contribution in [1.29, 1.82) is 0 Å². The number of anilines is 2. The number of ether oxygens (including phenoxy) is 1. The van der Waals surface area contributed by atoms with E-state index in [9.17, 15) is 5.11 Å². The van der Waals surface area contributed by atoms with Crippen LogP contribution in [0.1, 0.15) is 24.0 Å². The third-order valence-corrected chi connectivity index (χ3v) is 5.72. The second-order valence-electron chi connectivity index (χ2n) is 6.79. The van der Waals surface area contributed by atoms with Crippen LogP contribution in [0.2, 0.25) is 5.02 Å². The molecule has 0 spiro atoms. The largest absolute Gasteiger partial charge is 0.497 e. The summed E-state index contributed by atoms with van der Waals surface area (Å²) in [5.74, 6) is 0.602. The van der Waals surface area contributed by atoms with Crippen molar-refractivity contribution < 1.29 is 9.84 Å². The monoisotopic (exact) mass is 474 g/mol. The molecular formula is C23H24BrClN2O2. The SMILES string of the molecule is COc1ccc(NCc2ccccc2Cl)c(NC(O)C(C)c2ccc(Br)cc2)c1. The molecule has 0 heterocycles. The molecule has 0 aliphatic carbocycles. The highest BCUT2D eigenvalue weighted by Crippen LogP contribution is 2.31. The molecular weight excluding hydrogens is 452 g/mol. The maximum absolute atomic E-state index is 10.8. The summed E-state index contributed by atoms with van der Waals surface area (Å²) in [7, 11) is 1.62. The van der Waals surface area contributed by atoms with E-state index in [4.69, 9.17) is 16.3 Å². The number of aliphatic hydroxyl groups excluding tert-OH is 1. The molecule has 0 fully saturated rings. The quantitative estimate of drug-likeness (QED) is 0.337. The minimum Gasteiger partial charge on any atom is -0.497 e. The third-order valence-electron chi connectivity index (χ3n) is 4.83. The normalized spacial score (nSPS) is 12.9. The summed E-state index contributed by atoms with van der Waals surface area (Å²) in [5.41, 5.74) is 3.65. The molecule has 0 radical (unpaired) electrons. The van der Waals surface area contributed by atoms with Gasteiger partial charge in [-0.2, -0.15) is 0 Å². The number of nitrogens with one attached hydrogen (secondary N) is 2. The molecule has 0 saturated carbocycles. The Labute approximate surface area is 185 Å². The summed E-state index contributed by atoms with van der Waals surface area (Å²) in [5, 5.41) is 18.1. The fourth-order valence-corrected chi connectivity index (χ4v) is 3.46. The molecule has 0 aromatic heterocycles. The van der Waals surface area contributed by atoms with Crippen molar-refractivity contribution in [3.63, 3.8) is 0 Å². The Morgan fingerprint density at radius 1 is 1.03 bits per heavy atom. The van der Waals surface area contributed by atoms with Gasteiger partial charge in [0.2, 0.25) is 0 Å². The number of halogens is 2. The van der Waals surface area contributed by atoms with Crippen molar-refractivity contribution in [2.75, 3.05) is 17.7 Å². The number of hydrogen-bond donors (Lipinski definition) is 3. The molecule has 152 valence electrons. The first kappa shape index (κ1) is 21.5. The van der Waals surface area contributed by atoms with E-state index in [1.807, 2.05) is 73.7 Å². The average molecular weight is 476 g/mol. The Kier molecular flexibility index (Phi) is 7.42. The summed E-state index contributed by atoms with van der Waals surface area (Å²) in [4.78, 5) is 0. The Balaban J connectivity index is 1.77. The summed E-state index contributed by atoms with van der Waals surface area (Å²) < 4.78 is 6.36. The van der Waals surface area contributed by atoms with Gasteiger partial charge >= 0.3 is 0 Å². The van der Waals surface area contributed by atoms with E-state index >= 15 is 0 Å². The predicted octanol–water partition coefficient (Wildman–Crippen LogP) is 6.26. The van der Waals surface area contributed by atoms with Crippen LogP contribution in [0.5, 0.6) is 5.75 Å². The van der Waals surface area contributed by atoms with E-state index in [0.717, 1.165) is 27.0 Å². The zero-order chi connectivity index (χ0) is 20.8. The molecule has 4 nitrogen and oxygen atoms in total. The Morgan fingerprint density at radius 2 is 1.76 bits per heavy atom. The predicted molar refractivity (Wildman–Crippen MR) is 124 cm³/mol. The lowest BCUT2D eigenvalue weighted by Gasteiger charge is -2.24. The van der Waals surface area contributed by atoms with Crippen LogP contribution >= 0.6 is 27.5 Å². The van der Waals surface area contributed by atoms with E-state index in [-0.39, 0.29) is 5.92 Å². The van der Waals surface area contributed by atoms with Crippen LogP contribution in [0.25, 0.3) is 0 Å². The van der Waals surface area contributed by atoms with Crippen molar-refractivity contribution >= 4 is 38.9 Å². The fourth-order valence-electron chi connectivity index (χ4n) is 2.99. The van der Waals surface area contributed by atoms with Gasteiger partial charge in [0.05, 0.1) is 18.5 Å². The topological polar surface area (TPSA) is 53.5 Å². The van der Waals surface area contributed by atoms with Gasteiger partial charge in [-0.15, -0.1) is 0 Å². The minimum absolute atomic E-state index is 0.106. The van der Waals surface area contributed by atoms with Crippen LogP contribution in [0, 0.1) is 0 Å². The summed E-state index contributed by atoms with van der Waals surface area (Å²) in [6.07, 6.45) is -0.774. The molecule has 0 amide bonds. The Morgan fingerprint density at radius 3 is 2.45 bits per heavy atom. The maximum atomic E-state index is 10.8. The number of aliphatic hydroxyl groups is 1. The zero-order valence-corrected chi connectivity index (χ0v) is 18.7. The highest BCUT2D eigenvalue weighted by Gasteiger charge is 2.18. The molecule has 3 aromatic rings. The van der Waals surface area contributed by atoms with Gasteiger partial charge in [-0.1, -0.05) is 64.8 Å². The first-order valence-electron chi connectivity index (χ1n) is 9.33. The van der Waals surface area contributed by atoms with Gasteiger partial charge in [0, 0.05) is 28.0 Å². The molecule has 3 aromatic carbocycles. The lowest BCUT2D eigenvalue weighted by atomic mass is 9.99. The molecule has 0 aliphatic heterocycles. The molecule has 6 heteroatoms. The molecule has 0 bridgehead atoms. The van der Waals surface area contributed by atoms with Gasteiger partial charge in [0.15, 0.2) is 0 Å². The highest BCUT2D eigenvalue weighted by molar-refractivity contribution is 9.10. The Hall–Kier alpha value is -2.21. The molecule has 2 atom stereocenters. The number of benzene rings is 3. The average Bonchev–Trinajstić information content (AvgIpc) is 2.73. The molecule has 29 heavy (non-hydrogen) atoms. The Bertz CT molecular complexity index is 950. The summed E-state index contributed by atoms with van der Waals surface area (Å²) in [6, 6.07) is 21.3. The molecule has 2 unspecified atom stereocenters. The number of methoxy groups -OCH3 is 1. The summed E-state index contributed by atoms with van der Waals surface area (Å²) in [6.45, 7) is 2.55. The van der Waals surface area contributed by atoms with Gasteiger partial charge in [-0.3, -0.25) is 0 Å². The second-order valence-corrected chi connectivity index (χ2v) is 8.11. The summed E-state index contributed by atoms with van der Waals surface area (Å²) >= 11 is 9.71.